The van der Waals surface area contributed by atoms with E-state index in [1.165, 1.54) is 167 Å². The third-order valence-corrected chi connectivity index (χ3v) is 13.7. The van der Waals surface area contributed by atoms with Crippen LogP contribution in [0.3, 0.4) is 0 Å². The summed E-state index contributed by atoms with van der Waals surface area (Å²) in [6, 6.07) is 0.661. The van der Waals surface area contributed by atoms with Crippen LogP contribution >= 0.6 is 0 Å². The van der Waals surface area contributed by atoms with Gasteiger partial charge in [0.05, 0.1) is 19.8 Å². The molecule has 0 aromatic carbocycles. The fourth-order valence-corrected chi connectivity index (χ4v) is 9.40. The van der Waals surface area contributed by atoms with E-state index in [0.29, 0.717) is 44.6 Å². The van der Waals surface area contributed by atoms with Crippen LogP contribution in [-0.2, 0) is 19.1 Å². The van der Waals surface area contributed by atoms with Gasteiger partial charge in [0.1, 0.15) is 0 Å². The molecule has 0 radical (unpaired) electrons. The van der Waals surface area contributed by atoms with E-state index >= 15 is 0 Å². The second-order valence-corrected chi connectivity index (χ2v) is 19.6. The van der Waals surface area contributed by atoms with Crippen molar-refractivity contribution in [2.45, 2.75) is 271 Å². The minimum Gasteiger partial charge on any atom is -0.466 e. The van der Waals surface area contributed by atoms with Gasteiger partial charge in [-0.15, -0.1) is 0 Å². The number of ether oxygens (including phenoxy) is 2. The average molecular weight is 901 g/mol. The van der Waals surface area contributed by atoms with Gasteiger partial charge in [-0.2, -0.15) is 0 Å². The van der Waals surface area contributed by atoms with Crippen molar-refractivity contribution < 1.29 is 24.2 Å². The van der Waals surface area contributed by atoms with Crippen molar-refractivity contribution in [3.63, 3.8) is 0 Å². The Morgan fingerprint density at radius 1 is 0.516 bits per heavy atom. The highest BCUT2D eigenvalue weighted by molar-refractivity contribution is 5.69. The molecule has 0 amide bonds. The topological polar surface area (TPSA) is 79.3 Å². The number of carbonyl (C=O) groups is 2. The van der Waals surface area contributed by atoms with Crippen LogP contribution in [0.4, 0.5) is 0 Å². The summed E-state index contributed by atoms with van der Waals surface area (Å²) >= 11 is 0. The zero-order chi connectivity index (χ0) is 46.2. The molecule has 0 aliphatic heterocycles. The molecule has 0 saturated heterocycles. The summed E-state index contributed by atoms with van der Waals surface area (Å²) in [5.41, 5.74) is 0. The second-order valence-electron chi connectivity index (χ2n) is 19.6. The van der Waals surface area contributed by atoms with E-state index in [1.54, 1.807) is 0 Å². The largest absolute Gasteiger partial charge is 0.466 e. The highest BCUT2D eigenvalue weighted by atomic mass is 16.5. The van der Waals surface area contributed by atoms with E-state index in [-0.39, 0.29) is 18.5 Å². The minimum atomic E-state index is -0.0280. The van der Waals surface area contributed by atoms with Crippen LogP contribution in [0.15, 0.2) is 24.3 Å². The van der Waals surface area contributed by atoms with Crippen LogP contribution in [0, 0.1) is 5.92 Å². The van der Waals surface area contributed by atoms with E-state index in [9.17, 15) is 14.7 Å². The molecular formula is C57H108N2O5. The summed E-state index contributed by atoms with van der Waals surface area (Å²) < 4.78 is 11.5. The van der Waals surface area contributed by atoms with Crippen molar-refractivity contribution in [1.29, 1.82) is 0 Å². The van der Waals surface area contributed by atoms with E-state index in [2.05, 4.69) is 54.9 Å². The van der Waals surface area contributed by atoms with Gasteiger partial charge >= 0.3 is 11.9 Å². The molecule has 1 aliphatic carbocycles. The van der Waals surface area contributed by atoms with Crippen LogP contribution in [0.5, 0.6) is 0 Å². The number of esters is 2. The van der Waals surface area contributed by atoms with Crippen LogP contribution in [0.25, 0.3) is 0 Å². The van der Waals surface area contributed by atoms with Crippen molar-refractivity contribution in [1.82, 2.24) is 9.80 Å². The molecule has 64 heavy (non-hydrogen) atoms. The van der Waals surface area contributed by atoms with Crippen molar-refractivity contribution in [2.75, 3.05) is 52.5 Å². The fraction of sp³-hybridized carbons (Fsp3) is 0.895. The van der Waals surface area contributed by atoms with E-state index in [4.69, 9.17) is 9.47 Å². The lowest BCUT2D eigenvalue weighted by Crippen LogP contribution is -2.43. The van der Waals surface area contributed by atoms with Gasteiger partial charge in [0.15, 0.2) is 0 Å². The normalized spacial score (nSPS) is 13.7. The third kappa shape index (κ3) is 39.5. The Morgan fingerprint density at radius 3 is 1.64 bits per heavy atom. The molecule has 0 aromatic rings. The average Bonchev–Trinajstić information content (AvgIpc) is 3.30. The molecule has 376 valence electrons. The van der Waals surface area contributed by atoms with Gasteiger partial charge in [-0.1, -0.05) is 180 Å². The molecule has 0 unspecified atom stereocenters. The molecule has 0 atom stereocenters. The lowest BCUT2D eigenvalue weighted by Gasteiger charge is -2.36. The first-order valence-corrected chi connectivity index (χ1v) is 28.2. The first-order valence-electron chi connectivity index (χ1n) is 28.2. The number of allylic oxidation sites excluding steroid dienone is 4. The Morgan fingerprint density at radius 2 is 1.02 bits per heavy atom. The Balaban J connectivity index is 2.27. The number of aliphatic hydroxyl groups is 1. The molecule has 1 saturated carbocycles. The first-order chi connectivity index (χ1) is 31.5. The smallest absolute Gasteiger partial charge is 0.305 e. The molecular weight excluding hydrogens is 793 g/mol. The monoisotopic (exact) mass is 901 g/mol. The Kier molecular flexibility index (Phi) is 45.0. The quantitative estimate of drug-likeness (QED) is 0.0370. The standard InChI is InChI=1S/C57H108N2O5/c1-4-7-10-13-16-17-18-19-20-21-22-23-24-27-35-44-56(61)63-52-39-30-38-47-59(55-42-33-28-34-43-55)49-48-58(50-51-60)46-37-29-36-45-57(62)64-53-54(40-31-25-14-11-8-5-2)41-32-26-15-12-9-6-3/h16-17,19-20,54-55,60H,4-15,18,21-53H2,1-3H3/b17-16-,20-19-. The van der Waals surface area contributed by atoms with Gasteiger partial charge in [-0.3, -0.25) is 19.4 Å². The predicted octanol–water partition coefficient (Wildman–Crippen LogP) is 15.7. The van der Waals surface area contributed by atoms with E-state index < -0.39 is 0 Å². The maximum absolute atomic E-state index is 12.8. The number of hydrogen-bond donors (Lipinski definition) is 1. The number of carbonyl (C=O) groups excluding carboxylic acids is 2. The predicted molar refractivity (Wildman–Crippen MR) is 275 cm³/mol. The zero-order valence-corrected chi connectivity index (χ0v) is 43.0. The molecule has 7 nitrogen and oxygen atoms in total. The molecule has 7 heteroatoms. The van der Waals surface area contributed by atoms with Gasteiger partial charge in [0.25, 0.3) is 0 Å². The zero-order valence-electron chi connectivity index (χ0n) is 43.0. The van der Waals surface area contributed by atoms with E-state index in [0.717, 1.165) is 90.4 Å². The van der Waals surface area contributed by atoms with Gasteiger partial charge in [-0.05, 0) is 115 Å². The van der Waals surface area contributed by atoms with Crippen molar-refractivity contribution in [3.8, 4) is 0 Å². The number of unbranched alkanes of at least 4 members (excludes halogenated alkanes) is 22. The Labute approximate surface area is 398 Å². The van der Waals surface area contributed by atoms with Crippen molar-refractivity contribution in [3.05, 3.63) is 24.3 Å². The lowest BCUT2D eigenvalue weighted by atomic mass is 9.94. The number of nitrogens with zero attached hydrogens (tertiary/aromatic N) is 2. The van der Waals surface area contributed by atoms with Crippen molar-refractivity contribution in [2.24, 2.45) is 5.92 Å². The van der Waals surface area contributed by atoms with Gasteiger partial charge in [0, 0.05) is 38.5 Å². The molecule has 1 rings (SSSR count). The number of aliphatic hydroxyl groups excluding tert-OH is 1. The maximum atomic E-state index is 12.8. The first kappa shape index (κ1) is 60.3. The van der Waals surface area contributed by atoms with E-state index in [1.807, 2.05) is 0 Å². The summed E-state index contributed by atoms with van der Waals surface area (Å²) in [5.74, 6) is 0.471. The molecule has 0 heterocycles. The summed E-state index contributed by atoms with van der Waals surface area (Å²) in [5, 5.41) is 9.89. The molecule has 1 N–H and O–H groups in total. The van der Waals surface area contributed by atoms with Crippen LogP contribution in [-0.4, -0.2) is 85.4 Å². The number of rotatable bonds is 48. The van der Waals surface area contributed by atoms with Crippen molar-refractivity contribution >= 4 is 11.9 Å². The Hall–Kier alpha value is -1.70. The molecule has 0 aromatic heterocycles. The summed E-state index contributed by atoms with van der Waals surface area (Å²) in [4.78, 5) is 30.3. The van der Waals surface area contributed by atoms with Gasteiger partial charge < -0.3 is 14.6 Å². The van der Waals surface area contributed by atoms with Crippen LogP contribution in [0.2, 0.25) is 0 Å². The summed E-state index contributed by atoms with van der Waals surface area (Å²) in [7, 11) is 0. The minimum absolute atomic E-state index is 0.0169. The third-order valence-electron chi connectivity index (χ3n) is 13.7. The summed E-state index contributed by atoms with van der Waals surface area (Å²) in [6.45, 7) is 12.9. The number of hydrogen-bond acceptors (Lipinski definition) is 7. The molecule has 1 aliphatic rings. The van der Waals surface area contributed by atoms with Gasteiger partial charge in [-0.25, -0.2) is 0 Å². The van der Waals surface area contributed by atoms with Crippen LogP contribution < -0.4 is 0 Å². The molecule has 1 fully saturated rings. The van der Waals surface area contributed by atoms with Gasteiger partial charge in [0.2, 0.25) is 0 Å². The molecule has 0 spiro atoms. The highest BCUT2D eigenvalue weighted by Crippen LogP contribution is 2.24. The highest BCUT2D eigenvalue weighted by Gasteiger charge is 2.21. The lowest BCUT2D eigenvalue weighted by molar-refractivity contribution is -0.145. The van der Waals surface area contributed by atoms with Crippen LogP contribution in [0.1, 0.15) is 265 Å². The maximum Gasteiger partial charge on any atom is 0.305 e. The Bertz CT molecular complexity index is 1040. The second kappa shape index (κ2) is 47.8. The summed E-state index contributed by atoms with van der Waals surface area (Å²) in [6.07, 6.45) is 54.3. The SMILES string of the molecule is CCCCC/C=C\C/C=C\CCCCCCCC(=O)OCCCCCN(CCN(CCO)CCCCCC(=O)OCC(CCCCCCCC)CCCCCCCC)C1CCCCC1. The molecule has 0 bridgehead atoms. The fourth-order valence-electron chi connectivity index (χ4n) is 9.40.